The molecule has 2 saturated heterocycles. The molecule has 1 saturated carbocycles. The normalized spacial score (nSPS) is 25.5. The Balaban J connectivity index is 1.66. The van der Waals surface area contributed by atoms with Gasteiger partial charge in [-0.05, 0) is 43.7 Å². The van der Waals surface area contributed by atoms with Crippen molar-refractivity contribution in [2.75, 3.05) is 50.8 Å². The molecule has 0 bridgehead atoms. The van der Waals surface area contributed by atoms with Crippen LogP contribution in [0.1, 0.15) is 71.4 Å². The molecule has 2 aliphatic heterocycles. The Morgan fingerprint density at radius 3 is 2.44 bits per heavy atom. The first kappa shape index (κ1) is 27.3. The van der Waals surface area contributed by atoms with E-state index >= 15 is 0 Å². The van der Waals surface area contributed by atoms with Gasteiger partial charge in [0.2, 0.25) is 5.91 Å². The van der Waals surface area contributed by atoms with Crippen LogP contribution in [0.3, 0.4) is 0 Å². The first-order valence-electron chi connectivity index (χ1n) is 13.5. The summed E-state index contributed by atoms with van der Waals surface area (Å²) >= 11 is 0. The van der Waals surface area contributed by atoms with Crippen LogP contribution >= 0.6 is 0 Å². The SMILES string of the molecule is CCC(=O)N(CC1(N2CCN(CC(C)C)CC2)CCOC2(CCCC2)C1)c1cccc(C(F)(F)F)n1. The molecule has 1 unspecified atom stereocenters. The molecule has 1 atom stereocenters. The molecule has 3 fully saturated rings. The third-order valence-corrected chi connectivity index (χ3v) is 8.17. The van der Waals surface area contributed by atoms with Crippen molar-refractivity contribution in [2.24, 2.45) is 5.92 Å². The van der Waals surface area contributed by atoms with Gasteiger partial charge in [0.25, 0.3) is 0 Å². The average molecular weight is 511 g/mol. The van der Waals surface area contributed by atoms with E-state index < -0.39 is 11.9 Å². The third-order valence-electron chi connectivity index (χ3n) is 8.17. The Bertz CT molecular complexity index is 895. The predicted octanol–water partition coefficient (Wildman–Crippen LogP) is 4.98. The van der Waals surface area contributed by atoms with Gasteiger partial charge >= 0.3 is 6.18 Å². The zero-order valence-corrected chi connectivity index (χ0v) is 21.9. The van der Waals surface area contributed by atoms with Gasteiger partial charge in [-0.2, -0.15) is 13.2 Å². The summed E-state index contributed by atoms with van der Waals surface area (Å²) in [5.41, 5.74) is -1.52. The number of carbonyl (C=O) groups is 1. The highest BCUT2D eigenvalue weighted by molar-refractivity contribution is 5.92. The highest BCUT2D eigenvalue weighted by Crippen LogP contribution is 2.46. The zero-order valence-electron chi connectivity index (χ0n) is 21.9. The van der Waals surface area contributed by atoms with Gasteiger partial charge in [0.1, 0.15) is 11.5 Å². The second-order valence-corrected chi connectivity index (χ2v) is 11.3. The summed E-state index contributed by atoms with van der Waals surface area (Å²) in [6.45, 7) is 11.9. The van der Waals surface area contributed by atoms with Gasteiger partial charge in [0, 0.05) is 57.8 Å². The van der Waals surface area contributed by atoms with E-state index in [0.717, 1.165) is 77.3 Å². The van der Waals surface area contributed by atoms with Crippen molar-refractivity contribution in [1.82, 2.24) is 14.8 Å². The highest BCUT2D eigenvalue weighted by Gasteiger charge is 2.51. The quantitative estimate of drug-likeness (QED) is 0.518. The van der Waals surface area contributed by atoms with Crippen molar-refractivity contribution >= 4 is 11.7 Å². The standard InChI is InChI=1S/C27H41F3N4O2/c1-4-24(35)34(23-9-7-8-22(31-23)27(28,29)30)20-25(12-17-36-26(19-25)10-5-6-11-26)33-15-13-32(14-16-33)18-21(2)3/h7-9,21H,4-6,10-20H2,1-3H3. The van der Waals surface area contributed by atoms with Crippen molar-refractivity contribution in [1.29, 1.82) is 0 Å². The molecular weight excluding hydrogens is 469 g/mol. The molecule has 0 aromatic carbocycles. The number of piperazine rings is 1. The van der Waals surface area contributed by atoms with E-state index in [1.54, 1.807) is 6.92 Å². The van der Waals surface area contributed by atoms with E-state index in [1.807, 2.05) is 0 Å². The van der Waals surface area contributed by atoms with Crippen LogP contribution in [0.15, 0.2) is 18.2 Å². The summed E-state index contributed by atoms with van der Waals surface area (Å²) < 4.78 is 46.8. The van der Waals surface area contributed by atoms with Gasteiger partial charge in [-0.25, -0.2) is 4.98 Å². The van der Waals surface area contributed by atoms with Gasteiger partial charge in [0.15, 0.2) is 0 Å². The fraction of sp³-hybridized carbons (Fsp3) is 0.778. The smallest absolute Gasteiger partial charge is 0.375 e. The third kappa shape index (κ3) is 6.05. The lowest BCUT2D eigenvalue weighted by Crippen LogP contribution is -2.66. The van der Waals surface area contributed by atoms with Crippen molar-refractivity contribution in [3.63, 3.8) is 0 Å². The van der Waals surface area contributed by atoms with Crippen molar-refractivity contribution in [3.8, 4) is 0 Å². The largest absolute Gasteiger partial charge is 0.433 e. The molecule has 6 nitrogen and oxygen atoms in total. The minimum atomic E-state index is -4.56. The Hall–Kier alpha value is -1.71. The highest BCUT2D eigenvalue weighted by atomic mass is 19.4. The van der Waals surface area contributed by atoms with Gasteiger partial charge < -0.3 is 9.64 Å². The van der Waals surface area contributed by atoms with Crippen LogP contribution in [0.4, 0.5) is 19.0 Å². The Kier molecular flexibility index (Phi) is 8.32. The summed E-state index contributed by atoms with van der Waals surface area (Å²) in [4.78, 5) is 23.6. The number of rotatable bonds is 7. The van der Waals surface area contributed by atoms with Crippen LogP contribution in [0.2, 0.25) is 0 Å². The van der Waals surface area contributed by atoms with Gasteiger partial charge in [-0.1, -0.05) is 39.7 Å². The molecule has 1 aromatic heterocycles. The number of aromatic nitrogens is 1. The number of pyridine rings is 1. The summed E-state index contributed by atoms with van der Waals surface area (Å²) in [7, 11) is 0. The predicted molar refractivity (Wildman–Crippen MR) is 134 cm³/mol. The molecule has 0 radical (unpaired) electrons. The van der Waals surface area contributed by atoms with Gasteiger partial charge in [-0.15, -0.1) is 0 Å². The maximum absolute atomic E-state index is 13.5. The lowest BCUT2D eigenvalue weighted by molar-refractivity contribution is -0.142. The number of anilines is 1. The fourth-order valence-electron chi connectivity index (χ4n) is 6.48. The number of hydrogen-bond acceptors (Lipinski definition) is 5. The van der Waals surface area contributed by atoms with Crippen molar-refractivity contribution < 1.29 is 22.7 Å². The van der Waals surface area contributed by atoms with Crippen LogP contribution < -0.4 is 4.90 Å². The van der Waals surface area contributed by atoms with Crippen molar-refractivity contribution in [2.45, 2.75) is 83.0 Å². The molecule has 3 heterocycles. The Morgan fingerprint density at radius 1 is 1.14 bits per heavy atom. The summed E-state index contributed by atoms with van der Waals surface area (Å²) in [6, 6.07) is 3.84. The lowest BCUT2D eigenvalue weighted by atomic mass is 9.76. The van der Waals surface area contributed by atoms with Gasteiger partial charge in [-0.3, -0.25) is 14.6 Å². The van der Waals surface area contributed by atoms with Crippen LogP contribution in [0.5, 0.6) is 0 Å². The number of alkyl halides is 3. The topological polar surface area (TPSA) is 48.9 Å². The molecule has 36 heavy (non-hydrogen) atoms. The van der Waals surface area contributed by atoms with Crippen LogP contribution in [0, 0.1) is 5.92 Å². The first-order chi connectivity index (χ1) is 17.1. The Morgan fingerprint density at radius 2 is 1.83 bits per heavy atom. The maximum atomic E-state index is 13.5. The van der Waals surface area contributed by atoms with E-state index in [2.05, 4.69) is 28.6 Å². The monoisotopic (exact) mass is 510 g/mol. The molecule has 1 aliphatic carbocycles. The van der Waals surface area contributed by atoms with Crippen LogP contribution in [-0.4, -0.2) is 77.7 Å². The van der Waals surface area contributed by atoms with E-state index in [0.29, 0.717) is 19.1 Å². The minimum Gasteiger partial charge on any atom is -0.375 e. The van der Waals surface area contributed by atoms with Crippen molar-refractivity contribution in [3.05, 3.63) is 23.9 Å². The summed E-state index contributed by atoms with van der Waals surface area (Å²) in [6.07, 6.45) is 1.47. The second kappa shape index (κ2) is 11.0. The summed E-state index contributed by atoms with van der Waals surface area (Å²) in [5, 5.41) is 0. The molecule has 0 N–H and O–H groups in total. The van der Waals surface area contributed by atoms with E-state index in [9.17, 15) is 18.0 Å². The second-order valence-electron chi connectivity index (χ2n) is 11.3. The molecule has 202 valence electrons. The molecule has 1 spiro atoms. The molecule has 4 rings (SSSR count). The number of halogens is 3. The number of nitrogens with zero attached hydrogens (tertiary/aromatic N) is 4. The fourth-order valence-corrected chi connectivity index (χ4v) is 6.48. The summed E-state index contributed by atoms with van der Waals surface area (Å²) in [5.74, 6) is 0.480. The minimum absolute atomic E-state index is 0.0847. The van der Waals surface area contributed by atoms with Crippen LogP contribution in [0.25, 0.3) is 0 Å². The van der Waals surface area contributed by atoms with E-state index in [4.69, 9.17) is 4.74 Å². The molecule has 1 amide bonds. The number of amides is 1. The molecule has 1 aromatic rings. The van der Waals surface area contributed by atoms with Gasteiger partial charge in [0.05, 0.1) is 5.60 Å². The van der Waals surface area contributed by atoms with E-state index in [1.165, 1.54) is 17.0 Å². The molecule has 3 aliphatic rings. The first-order valence-corrected chi connectivity index (χ1v) is 13.5. The average Bonchev–Trinajstić information content (AvgIpc) is 3.29. The number of ether oxygens (including phenoxy) is 1. The maximum Gasteiger partial charge on any atom is 0.433 e. The number of hydrogen-bond donors (Lipinski definition) is 0. The van der Waals surface area contributed by atoms with Crippen LogP contribution in [-0.2, 0) is 15.7 Å². The molecule has 9 heteroatoms. The molecular formula is C27H41F3N4O2. The Labute approximate surface area is 213 Å². The van der Waals surface area contributed by atoms with E-state index in [-0.39, 0.29) is 29.3 Å². The zero-order chi connectivity index (χ0) is 26.0. The number of carbonyl (C=O) groups excluding carboxylic acids is 1. The lowest BCUT2D eigenvalue weighted by Gasteiger charge is -2.55.